The number of ether oxygens (including phenoxy) is 2. The van der Waals surface area contributed by atoms with E-state index in [0.29, 0.717) is 54.0 Å². The summed E-state index contributed by atoms with van der Waals surface area (Å²) in [5.41, 5.74) is 4.31. The standard InChI is InChI=1S/C33H36FN3O5/c1-4-41-33(40)27-25(16-9-20-7-14-23(34)15-8-20)36-30-28(32(39)37-29(30)19(2)3)26(27)21-10-12-22(13-11-21)31(38)35-18-24-6-5-17-42-24/h6-8,10-15,19,26,29,36H,4-5,9,16-18H2,1-3H3,(H,35,38)(H,37,39). The van der Waals surface area contributed by atoms with Gasteiger partial charge in [0.05, 0.1) is 42.9 Å². The number of esters is 1. The largest absolute Gasteiger partial charge is 0.496 e. The lowest BCUT2D eigenvalue weighted by Gasteiger charge is -2.31. The van der Waals surface area contributed by atoms with Gasteiger partial charge in [0.2, 0.25) is 0 Å². The fourth-order valence-electron chi connectivity index (χ4n) is 5.65. The Labute approximate surface area is 245 Å². The van der Waals surface area contributed by atoms with E-state index in [4.69, 9.17) is 9.47 Å². The highest BCUT2D eigenvalue weighted by Crippen LogP contribution is 2.43. The molecule has 2 atom stereocenters. The van der Waals surface area contributed by atoms with Crippen LogP contribution in [-0.2, 0) is 25.5 Å². The molecule has 2 aromatic rings. The van der Waals surface area contributed by atoms with Gasteiger partial charge in [-0.2, -0.15) is 0 Å². The minimum atomic E-state index is -0.693. The second kappa shape index (κ2) is 12.6. The highest BCUT2D eigenvalue weighted by atomic mass is 19.1. The molecule has 3 N–H and O–H groups in total. The molecule has 220 valence electrons. The molecule has 2 unspecified atom stereocenters. The van der Waals surface area contributed by atoms with Gasteiger partial charge in [0.15, 0.2) is 0 Å². The fourth-order valence-corrected chi connectivity index (χ4v) is 5.65. The Morgan fingerprint density at radius 1 is 1.10 bits per heavy atom. The van der Waals surface area contributed by atoms with Gasteiger partial charge in [-0.3, -0.25) is 9.59 Å². The van der Waals surface area contributed by atoms with Crippen LogP contribution in [0.3, 0.4) is 0 Å². The first-order valence-corrected chi connectivity index (χ1v) is 14.4. The van der Waals surface area contributed by atoms with Crippen molar-refractivity contribution in [1.82, 2.24) is 16.0 Å². The first-order valence-electron chi connectivity index (χ1n) is 14.4. The molecular weight excluding hydrogens is 537 g/mol. The Kier molecular flexibility index (Phi) is 8.75. The molecule has 3 aliphatic heterocycles. The Morgan fingerprint density at radius 3 is 2.48 bits per heavy atom. The Balaban J connectivity index is 1.51. The molecule has 5 rings (SSSR count). The smallest absolute Gasteiger partial charge is 0.336 e. The quantitative estimate of drug-likeness (QED) is 0.364. The number of allylic oxidation sites excluding steroid dienone is 1. The normalized spacial score (nSPS) is 19.6. The maximum absolute atomic E-state index is 13.5. The van der Waals surface area contributed by atoms with Crippen LogP contribution in [0.25, 0.3) is 0 Å². The summed E-state index contributed by atoms with van der Waals surface area (Å²) in [6, 6.07) is 13.0. The van der Waals surface area contributed by atoms with E-state index in [0.717, 1.165) is 23.4 Å². The molecule has 0 spiro atoms. The number of aryl methyl sites for hydroxylation is 1. The highest BCUT2D eigenvalue weighted by molar-refractivity contribution is 6.04. The molecule has 0 aliphatic carbocycles. The predicted octanol–water partition coefficient (Wildman–Crippen LogP) is 4.41. The summed E-state index contributed by atoms with van der Waals surface area (Å²) < 4.78 is 24.5. The molecule has 3 heterocycles. The van der Waals surface area contributed by atoms with Crippen molar-refractivity contribution in [2.24, 2.45) is 5.92 Å². The zero-order valence-electron chi connectivity index (χ0n) is 24.1. The summed E-state index contributed by atoms with van der Waals surface area (Å²) in [6.45, 7) is 6.91. The van der Waals surface area contributed by atoms with E-state index in [2.05, 4.69) is 16.0 Å². The molecule has 0 fully saturated rings. The summed E-state index contributed by atoms with van der Waals surface area (Å²) in [4.78, 5) is 39.8. The summed E-state index contributed by atoms with van der Waals surface area (Å²) in [7, 11) is 0. The van der Waals surface area contributed by atoms with Gasteiger partial charge in [-0.15, -0.1) is 0 Å². The molecule has 9 heteroatoms. The van der Waals surface area contributed by atoms with Crippen molar-refractivity contribution in [3.05, 3.63) is 105 Å². The van der Waals surface area contributed by atoms with Crippen LogP contribution in [0.15, 0.2) is 82.9 Å². The van der Waals surface area contributed by atoms with E-state index in [1.54, 1.807) is 43.3 Å². The molecule has 0 aromatic heterocycles. The number of rotatable bonds is 10. The van der Waals surface area contributed by atoms with Gasteiger partial charge in [-0.1, -0.05) is 38.1 Å². The second-order valence-electron chi connectivity index (χ2n) is 10.9. The Hall–Kier alpha value is -4.40. The third-order valence-electron chi connectivity index (χ3n) is 7.77. The topological polar surface area (TPSA) is 106 Å². The second-order valence-corrected chi connectivity index (χ2v) is 10.9. The molecule has 0 saturated carbocycles. The zero-order valence-corrected chi connectivity index (χ0v) is 24.1. The minimum Gasteiger partial charge on any atom is -0.496 e. The van der Waals surface area contributed by atoms with Gasteiger partial charge < -0.3 is 25.4 Å². The molecule has 42 heavy (non-hydrogen) atoms. The van der Waals surface area contributed by atoms with Crippen molar-refractivity contribution < 1.29 is 28.2 Å². The maximum Gasteiger partial charge on any atom is 0.336 e. The van der Waals surface area contributed by atoms with Crippen molar-refractivity contribution in [3.8, 4) is 0 Å². The van der Waals surface area contributed by atoms with Crippen LogP contribution in [0.5, 0.6) is 0 Å². The Morgan fingerprint density at radius 2 is 1.83 bits per heavy atom. The van der Waals surface area contributed by atoms with E-state index < -0.39 is 11.9 Å². The van der Waals surface area contributed by atoms with Crippen LogP contribution in [0.2, 0.25) is 0 Å². The SMILES string of the molecule is CCOC(=O)C1=C(CCc2ccc(F)cc2)NC2=C(C(=O)NC2C(C)C)C1c1ccc(C(=O)NCC2=CCCO2)cc1. The lowest BCUT2D eigenvalue weighted by molar-refractivity contribution is -0.138. The van der Waals surface area contributed by atoms with Crippen LogP contribution in [0.4, 0.5) is 4.39 Å². The van der Waals surface area contributed by atoms with Crippen molar-refractivity contribution >= 4 is 17.8 Å². The van der Waals surface area contributed by atoms with E-state index >= 15 is 0 Å². The number of hydrogen-bond donors (Lipinski definition) is 3. The van der Waals surface area contributed by atoms with E-state index in [1.165, 1.54) is 12.1 Å². The van der Waals surface area contributed by atoms with Gasteiger partial charge in [0.25, 0.3) is 11.8 Å². The zero-order chi connectivity index (χ0) is 29.8. The maximum atomic E-state index is 13.5. The number of hydrogen-bond acceptors (Lipinski definition) is 6. The van der Waals surface area contributed by atoms with Gasteiger partial charge in [0, 0.05) is 23.4 Å². The van der Waals surface area contributed by atoms with Gasteiger partial charge in [-0.05, 0) is 67.2 Å². The summed E-state index contributed by atoms with van der Waals surface area (Å²) in [5.74, 6) is -1.16. The van der Waals surface area contributed by atoms with Crippen molar-refractivity contribution in [2.45, 2.75) is 52.0 Å². The molecule has 3 aliphatic rings. The fraction of sp³-hybridized carbons (Fsp3) is 0.364. The molecule has 0 saturated heterocycles. The van der Waals surface area contributed by atoms with Crippen LogP contribution in [0, 0.1) is 11.7 Å². The molecule has 2 amide bonds. The van der Waals surface area contributed by atoms with E-state index in [1.807, 2.05) is 19.9 Å². The number of amides is 2. The summed E-state index contributed by atoms with van der Waals surface area (Å²) in [6.07, 6.45) is 3.79. The molecule has 2 aromatic carbocycles. The average Bonchev–Trinajstić information content (AvgIpc) is 3.63. The van der Waals surface area contributed by atoms with Gasteiger partial charge >= 0.3 is 5.97 Å². The van der Waals surface area contributed by atoms with Crippen LogP contribution < -0.4 is 16.0 Å². The molecule has 8 nitrogen and oxygen atoms in total. The average molecular weight is 574 g/mol. The number of carbonyl (C=O) groups is 3. The molecular formula is C33H36FN3O5. The van der Waals surface area contributed by atoms with Crippen molar-refractivity contribution in [2.75, 3.05) is 19.8 Å². The van der Waals surface area contributed by atoms with Gasteiger partial charge in [0.1, 0.15) is 11.6 Å². The third-order valence-corrected chi connectivity index (χ3v) is 7.77. The predicted molar refractivity (Wildman–Crippen MR) is 155 cm³/mol. The summed E-state index contributed by atoms with van der Waals surface area (Å²) >= 11 is 0. The van der Waals surface area contributed by atoms with Crippen molar-refractivity contribution in [1.29, 1.82) is 0 Å². The first-order chi connectivity index (χ1) is 20.3. The summed E-state index contributed by atoms with van der Waals surface area (Å²) in [5, 5.41) is 9.39. The number of halogens is 1. The lowest BCUT2D eigenvalue weighted by Crippen LogP contribution is -2.37. The van der Waals surface area contributed by atoms with Crippen LogP contribution >= 0.6 is 0 Å². The van der Waals surface area contributed by atoms with Gasteiger partial charge in [-0.25, -0.2) is 9.18 Å². The number of nitrogens with one attached hydrogen (secondary N) is 3. The van der Waals surface area contributed by atoms with E-state index in [9.17, 15) is 18.8 Å². The number of benzene rings is 2. The van der Waals surface area contributed by atoms with E-state index in [-0.39, 0.29) is 36.2 Å². The van der Waals surface area contributed by atoms with Crippen molar-refractivity contribution in [3.63, 3.8) is 0 Å². The molecule has 0 radical (unpaired) electrons. The minimum absolute atomic E-state index is 0.0992. The first kappa shape index (κ1) is 29.1. The monoisotopic (exact) mass is 573 g/mol. The lowest BCUT2D eigenvalue weighted by atomic mass is 9.78. The number of dihydropyridines is 1. The third kappa shape index (κ3) is 6.10. The van der Waals surface area contributed by atoms with Crippen LogP contribution in [0.1, 0.15) is 61.0 Å². The highest BCUT2D eigenvalue weighted by Gasteiger charge is 2.45. The Bertz CT molecular complexity index is 1460. The molecule has 0 bridgehead atoms. The van der Waals surface area contributed by atoms with Crippen LogP contribution in [-0.4, -0.2) is 43.6 Å². The number of carbonyl (C=O) groups excluding carboxylic acids is 3.